The van der Waals surface area contributed by atoms with Gasteiger partial charge in [-0.05, 0) is 51.9 Å². The zero-order valence-corrected chi connectivity index (χ0v) is 11.7. The zero-order chi connectivity index (χ0) is 16.1. The maximum absolute atomic E-state index is 12.9. The van der Waals surface area contributed by atoms with Crippen LogP contribution in [0, 0.1) is 0 Å². The highest BCUT2D eigenvalue weighted by Crippen LogP contribution is 2.36. The maximum atomic E-state index is 12.9. The molecule has 22 heavy (non-hydrogen) atoms. The summed E-state index contributed by atoms with van der Waals surface area (Å²) in [4.78, 5) is 11.4. The van der Waals surface area contributed by atoms with Crippen molar-refractivity contribution in [2.24, 2.45) is 0 Å². The van der Waals surface area contributed by atoms with Crippen molar-refractivity contribution in [3.8, 4) is 0 Å². The van der Waals surface area contributed by atoms with E-state index in [1.165, 1.54) is 30.3 Å². The molecule has 0 heterocycles. The molecule has 2 nitrogen and oxygen atoms in total. The van der Waals surface area contributed by atoms with Crippen LogP contribution in [-0.4, -0.2) is 11.1 Å². The molecule has 0 bridgehead atoms. The number of carboxylic acids is 1. The van der Waals surface area contributed by atoms with Crippen molar-refractivity contribution in [1.29, 1.82) is 0 Å². The molecule has 0 radical (unpaired) electrons. The smallest absolute Gasteiger partial charge is 0.416 e. The summed E-state index contributed by atoms with van der Waals surface area (Å²) in [6.45, 7) is 0. The van der Waals surface area contributed by atoms with Gasteiger partial charge in [-0.3, -0.25) is 0 Å². The fraction of sp³-hybridized carbons (Fsp3) is 0.0625. The standard InChI is InChI=1S/C16H8ClF3O2/c17-10-3-4-11-12-6-9(16(18,19)20)2-1-8(12)5-14(15(21)22)13(11)7-10/h1-7H,(H,21,22). The van der Waals surface area contributed by atoms with Gasteiger partial charge in [0.2, 0.25) is 0 Å². The molecule has 1 N–H and O–H groups in total. The fourth-order valence-corrected chi connectivity index (χ4v) is 2.65. The van der Waals surface area contributed by atoms with Crippen LogP contribution in [0.1, 0.15) is 15.9 Å². The van der Waals surface area contributed by atoms with Gasteiger partial charge in [0.1, 0.15) is 0 Å². The summed E-state index contributed by atoms with van der Waals surface area (Å²) < 4.78 is 38.6. The Morgan fingerprint density at radius 3 is 2.32 bits per heavy atom. The van der Waals surface area contributed by atoms with Crippen molar-refractivity contribution in [3.05, 3.63) is 58.6 Å². The molecule has 0 aliphatic carbocycles. The molecule has 0 fully saturated rings. The van der Waals surface area contributed by atoms with E-state index in [1.807, 2.05) is 0 Å². The van der Waals surface area contributed by atoms with Gasteiger partial charge in [0, 0.05) is 5.02 Å². The number of rotatable bonds is 1. The summed E-state index contributed by atoms with van der Waals surface area (Å²) in [7, 11) is 0. The highest BCUT2D eigenvalue weighted by Gasteiger charge is 2.30. The molecule has 0 saturated carbocycles. The number of aromatic carboxylic acids is 1. The molecule has 0 spiro atoms. The Kier molecular flexibility index (Phi) is 3.25. The van der Waals surface area contributed by atoms with Gasteiger partial charge in [0.25, 0.3) is 0 Å². The summed E-state index contributed by atoms with van der Waals surface area (Å²) >= 11 is 5.88. The van der Waals surface area contributed by atoms with Crippen LogP contribution in [0.15, 0.2) is 42.5 Å². The molecule has 0 unspecified atom stereocenters. The minimum absolute atomic E-state index is 0.00441. The Labute approximate surface area is 127 Å². The minimum atomic E-state index is -4.46. The average molecular weight is 325 g/mol. The van der Waals surface area contributed by atoms with Gasteiger partial charge in [0.05, 0.1) is 11.1 Å². The molecule has 0 aliphatic heterocycles. The van der Waals surface area contributed by atoms with Crippen LogP contribution in [0.25, 0.3) is 21.5 Å². The number of hydrogen-bond donors (Lipinski definition) is 1. The monoisotopic (exact) mass is 324 g/mol. The molecule has 3 aromatic carbocycles. The van der Waals surface area contributed by atoms with Crippen molar-refractivity contribution in [2.75, 3.05) is 0 Å². The molecule has 3 rings (SSSR count). The SMILES string of the molecule is O=C(O)c1cc2ccc(C(F)(F)F)cc2c2ccc(Cl)cc12. The second kappa shape index (κ2) is 4.88. The Balaban J connectivity index is 2.47. The molecule has 0 atom stereocenters. The lowest BCUT2D eigenvalue weighted by molar-refractivity contribution is -0.137. The van der Waals surface area contributed by atoms with Gasteiger partial charge in [-0.15, -0.1) is 0 Å². The maximum Gasteiger partial charge on any atom is 0.416 e. The molecule has 112 valence electrons. The summed E-state index contributed by atoms with van der Waals surface area (Å²) in [5.74, 6) is -1.16. The van der Waals surface area contributed by atoms with Crippen LogP contribution in [-0.2, 0) is 6.18 Å². The predicted octanol–water partition coefficient (Wildman–Crippen LogP) is 5.36. The van der Waals surface area contributed by atoms with Crippen molar-refractivity contribution in [2.45, 2.75) is 6.18 Å². The molecule has 0 aliphatic rings. The van der Waals surface area contributed by atoms with Crippen molar-refractivity contribution in [3.63, 3.8) is 0 Å². The second-order valence-electron chi connectivity index (χ2n) is 4.85. The van der Waals surface area contributed by atoms with E-state index in [4.69, 9.17) is 11.6 Å². The molecule has 0 aromatic heterocycles. The lowest BCUT2D eigenvalue weighted by Gasteiger charge is -2.11. The Hall–Kier alpha value is -2.27. The van der Waals surface area contributed by atoms with E-state index in [0.717, 1.165) is 12.1 Å². The lowest BCUT2D eigenvalue weighted by Crippen LogP contribution is -2.05. The third-order valence-electron chi connectivity index (χ3n) is 3.47. The largest absolute Gasteiger partial charge is 0.478 e. The summed E-state index contributed by atoms with van der Waals surface area (Å²) in [6, 6.07) is 9.10. The number of hydrogen-bond acceptors (Lipinski definition) is 1. The van der Waals surface area contributed by atoms with Crippen molar-refractivity contribution in [1.82, 2.24) is 0 Å². The van der Waals surface area contributed by atoms with Gasteiger partial charge in [-0.25, -0.2) is 4.79 Å². The van der Waals surface area contributed by atoms with Crippen LogP contribution in [0.5, 0.6) is 0 Å². The van der Waals surface area contributed by atoms with Gasteiger partial charge < -0.3 is 5.11 Å². The van der Waals surface area contributed by atoms with Crippen LogP contribution in [0.4, 0.5) is 13.2 Å². The van der Waals surface area contributed by atoms with Crippen LogP contribution >= 0.6 is 11.6 Å². The highest BCUT2D eigenvalue weighted by atomic mass is 35.5. The third kappa shape index (κ3) is 2.37. The average Bonchev–Trinajstić information content (AvgIpc) is 2.44. The number of benzene rings is 3. The summed E-state index contributed by atoms with van der Waals surface area (Å²) in [6.07, 6.45) is -4.46. The first-order valence-corrected chi connectivity index (χ1v) is 6.62. The lowest BCUT2D eigenvalue weighted by atomic mass is 9.96. The Morgan fingerprint density at radius 1 is 0.955 bits per heavy atom. The summed E-state index contributed by atoms with van der Waals surface area (Å²) in [5, 5.41) is 11.1. The van der Waals surface area contributed by atoms with Crippen molar-refractivity contribution >= 4 is 39.1 Å². The number of carboxylic acid groups (broad SMARTS) is 1. The molecule has 0 amide bonds. The molecule has 0 saturated heterocycles. The molecular formula is C16H8ClF3O2. The van der Waals surface area contributed by atoms with Crippen LogP contribution in [0.2, 0.25) is 5.02 Å². The third-order valence-corrected chi connectivity index (χ3v) is 3.71. The van der Waals surface area contributed by atoms with Crippen LogP contribution in [0.3, 0.4) is 0 Å². The van der Waals surface area contributed by atoms with E-state index in [-0.39, 0.29) is 5.56 Å². The quantitative estimate of drug-likeness (QED) is 0.611. The Morgan fingerprint density at radius 2 is 1.68 bits per heavy atom. The van der Waals surface area contributed by atoms with Gasteiger partial charge in [-0.2, -0.15) is 13.2 Å². The minimum Gasteiger partial charge on any atom is -0.478 e. The van der Waals surface area contributed by atoms with E-state index in [0.29, 0.717) is 26.6 Å². The van der Waals surface area contributed by atoms with E-state index in [2.05, 4.69) is 0 Å². The first kappa shape index (κ1) is 14.7. The zero-order valence-electron chi connectivity index (χ0n) is 10.9. The molecule has 3 aromatic rings. The number of alkyl halides is 3. The van der Waals surface area contributed by atoms with E-state index in [1.54, 1.807) is 0 Å². The predicted molar refractivity (Wildman–Crippen MR) is 78.4 cm³/mol. The van der Waals surface area contributed by atoms with Gasteiger partial charge >= 0.3 is 12.1 Å². The van der Waals surface area contributed by atoms with Gasteiger partial charge in [-0.1, -0.05) is 23.7 Å². The van der Waals surface area contributed by atoms with Crippen LogP contribution < -0.4 is 0 Å². The van der Waals surface area contributed by atoms with E-state index in [9.17, 15) is 23.1 Å². The summed E-state index contributed by atoms with van der Waals surface area (Å²) in [5.41, 5.74) is -0.774. The number of carbonyl (C=O) groups is 1. The first-order chi connectivity index (χ1) is 10.3. The first-order valence-electron chi connectivity index (χ1n) is 6.24. The van der Waals surface area contributed by atoms with Gasteiger partial charge in [0.15, 0.2) is 0 Å². The Bertz CT molecular complexity index is 917. The van der Waals surface area contributed by atoms with E-state index < -0.39 is 17.7 Å². The highest BCUT2D eigenvalue weighted by molar-refractivity contribution is 6.32. The number of fused-ring (bicyclic) bond motifs is 3. The molecule has 6 heteroatoms. The van der Waals surface area contributed by atoms with E-state index >= 15 is 0 Å². The topological polar surface area (TPSA) is 37.3 Å². The fourth-order valence-electron chi connectivity index (χ4n) is 2.48. The molecular weight excluding hydrogens is 317 g/mol. The van der Waals surface area contributed by atoms with Crippen molar-refractivity contribution < 1.29 is 23.1 Å². The number of halogens is 4. The second-order valence-corrected chi connectivity index (χ2v) is 5.29. The normalized spacial score (nSPS) is 12.0.